The van der Waals surface area contributed by atoms with E-state index in [-0.39, 0.29) is 11.7 Å². The molecule has 0 aliphatic rings. The standard InChI is InChI=1S/C11H15F3N4O/c1-7(4-3-5-15-2)17-8-6-16-18-10(19)9(8)11(12,13)14/h3-4,6-7,15H,5H2,1-2H3,(H2,17,18,19)/b4-3+/t7-/m0/s1. The van der Waals surface area contributed by atoms with Crippen LogP contribution in [0.25, 0.3) is 0 Å². The third-order valence-corrected chi connectivity index (χ3v) is 2.27. The van der Waals surface area contributed by atoms with E-state index >= 15 is 0 Å². The first-order valence-corrected chi connectivity index (χ1v) is 5.59. The molecule has 1 aromatic rings. The largest absolute Gasteiger partial charge is 0.423 e. The zero-order valence-corrected chi connectivity index (χ0v) is 10.5. The predicted molar refractivity (Wildman–Crippen MR) is 66.0 cm³/mol. The van der Waals surface area contributed by atoms with Gasteiger partial charge >= 0.3 is 6.18 Å². The van der Waals surface area contributed by atoms with Gasteiger partial charge in [0.15, 0.2) is 0 Å². The zero-order chi connectivity index (χ0) is 14.5. The number of likely N-dealkylation sites (N-methyl/N-ethyl adjacent to an activating group) is 1. The van der Waals surface area contributed by atoms with E-state index in [1.165, 1.54) is 0 Å². The molecule has 1 heterocycles. The fourth-order valence-electron chi connectivity index (χ4n) is 1.47. The SMILES string of the molecule is CNC/C=C/[C@H](C)Nc1cn[nH]c(=O)c1C(F)(F)F. The van der Waals surface area contributed by atoms with Gasteiger partial charge in [-0.3, -0.25) is 4.79 Å². The third kappa shape index (κ3) is 4.40. The highest BCUT2D eigenvalue weighted by Gasteiger charge is 2.37. The van der Waals surface area contributed by atoms with E-state index in [4.69, 9.17) is 0 Å². The fourth-order valence-corrected chi connectivity index (χ4v) is 1.47. The summed E-state index contributed by atoms with van der Waals surface area (Å²) in [4.78, 5) is 11.2. The number of anilines is 1. The minimum Gasteiger partial charge on any atom is -0.377 e. The number of halogens is 3. The number of hydrogen-bond donors (Lipinski definition) is 3. The molecule has 106 valence electrons. The van der Waals surface area contributed by atoms with Crippen molar-refractivity contribution in [2.24, 2.45) is 0 Å². The van der Waals surface area contributed by atoms with Crippen molar-refractivity contribution >= 4 is 5.69 Å². The number of aromatic nitrogens is 2. The van der Waals surface area contributed by atoms with E-state index in [1.807, 2.05) is 0 Å². The van der Waals surface area contributed by atoms with Crippen LogP contribution in [0.1, 0.15) is 12.5 Å². The van der Waals surface area contributed by atoms with Gasteiger partial charge in [-0.25, -0.2) is 5.10 Å². The molecule has 0 bridgehead atoms. The van der Waals surface area contributed by atoms with Crippen LogP contribution in [0.3, 0.4) is 0 Å². The molecule has 0 aliphatic heterocycles. The summed E-state index contributed by atoms with van der Waals surface area (Å²) in [7, 11) is 1.75. The first-order chi connectivity index (χ1) is 8.86. The quantitative estimate of drug-likeness (QED) is 0.710. The van der Waals surface area contributed by atoms with Crippen LogP contribution in [0.5, 0.6) is 0 Å². The molecule has 1 aromatic heterocycles. The number of nitrogens with zero attached hydrogens (tertiary/aromatic N) is 1. The highest BCUT2D eigenvalue weighted by Crippen LogP contribution is 2.31. The fraction of sp³-hybridized carbons (Fsp3) is 0.455. The van der Waals surface area contributed by atoms with Gasteiger partial charge in [0.1, 0.15) is 5.56 Å². The molecule has 0 radical (unpaired) electrons. The Balaban J connectivity index is 2.96. The summed E-state index contributed by atoms with van der Waals surface area (Å²) in [6.45, 7) is 2.28. The van der Waals surface area contributed by atoms with Gasteiger partial charge in [0.25, 0.3) is 5.56 Å². The Hall–Kier alpha value is -1.83. The number of rotatable bonds is 5. The van der Waals surface area contributed by atoms with Crippen LogP contribution in [-0.2, 0) is 6.18 Å². The molecule has 0 aliphatic carbocycles. The molecule has 19 heavy (non-hydrogen) atoms. The molecule has 1 rings (SSSR count). The summed E-state index contributed by atoms with van der Waals surface area (Å²) in [6.07, 6.45) is -0.316. The topological polar surface area (TPSA) is 69.8 Å². The van der Waals surface area contributed by atoms with Crippen LogP contribution >= 0.6 is 0 Å². The van der Waals surface area contributed by atoms with Gasteiger partial charge < -0.3 is 10.6 Å². The van der Waals surface area contributed by atoms with Gasteiger partial charge in [-0.05, 0) is 14.0 Å². The van der Waals surface area contributed by atoms with E-state index in [0.717, 1.165) is 6.20 Å². The van der Waals surface area contributed by atoms with E-state index in [9.17, 15) is 18.0 Å². The van der Waals surface area contributed by atoms with Crippen LogP contribution in [0, 0.1) is 0 Å². The lowest BCUT2D eigenvalue weighted by Crippen LogP contribution is -2.26. The Bertz CT molecular complexity index is 495. The lowest BCUT2D eigenvalue weighted by atomic mass is 10.2. The van der Waals surface area contributed by atoms with Crippen LogP contribution < -0.4 is 16.2 Å². The Morgan fingerprint density at radius 3 is 2.79 bits per heavy atom. The lowest BCUT2D eigenvalue weighted by Gasteiger charge is -2.15. The van der Waals surface area contributed by atoms with Crippen molar-refractivity contribution in [1.82, 2.24) is 15.5 Å². The van der Waals surface area contributed by atoms with Crippen LogP contribution in [0.15, 0.2) is 23.1 Å². The minimum absolute atomic E-state index is 0.335. The second-order valence-electron chi connectivity index (χ2n) is 3.90. The van der Waals surface area contributed by atoms with Gasteiger partial charge in [0.2, 0.25) is 0 Å². The summed E-state index contributed by atoms with van der Waals surface area (Å²) in [5.41, 5.74) is -2.86. The van der Waals surface area contributed by atoms with Crippen LogP contribution in [-0.4, -0.2) is 29.8 Å². The van der Waals surface area contributed by atoms with Crippen molar-refractivity contribution in [2.75, 3.05) is 18.9 Å². The van der Waals surface area contributed by atoms with Crippen molar-refractivity contribution in [3.8, 4) is 0 Å². The second kappa shape index (κ2) is 6.37. The Morgan fingerprint density at radius 1 is 1.53 bits per heavy atom. The highest BCUT2D eigenvalue weighted by atomic mass is 19.4. The molecular weight excluding hydrogens is 261 g/mol. The van der Waals surface area contributed by atoms with Crippen molar-refractivity contribution in [3.63, 3.8) is 0 Å². The van der Waals surface area contributed by atoms with Gasteiger partial charge in [0, 0.05) is 12.6 Å². The molecular formula is C11H15F3N4O. The highest BCUT2D eigenvalue weighted by molar-refractivity contribution is 5.50. The number of nitrogens with one attached hydrogen (secondary N) is 3. The monoisotopic (exact) mass is 276 g/mol. The third-order valence-electron chi connectivity index (χ3n) is 2.27. The van der Waals surface area contributed by atoms with E-state index in [2.05, 4.69) is 15.7 Å². The second-order valence-corrected chi connectivity index (χ2v) is 3.90. The molecule has 0 spiro atoms. The number of H-pyrrole nitrogens is 1. The molecule has 0 aromatic carbocycles. The zero-order valence-electron chi connectivity index (χ0n) is 10.5. The molecule has 8 heteroatoms. The molecule has 0 saturated carbocycles. The average Bonchev–Trinajstić information content (AvgIpc) is 2.27. The Labute approximate surface area is 107 Å². The molecule has 3 N–H and O–H groups in total. The Morgan fingerprint density at radius 2 is 2.21 bits per heavy atom. The maximum Gasteiger partial charge on any atom is 0.423 e. The molecule has 1 atom stereocenters. The summed E-state index contributed by atoms with van der Waals surface area (Å²) in [5, 5.41) is 10.6. The maximum absolute atomic E-state index is 12.8. The lowest BCUT2D eigenvalue weighted by molar-refractivity contribution is -0.138. The summed E-state index contributed by atoms with van der Waals surface area (Å²) >= 11 is 0. The smallest absolute Gasteiger partial charge is 0.377 e. The van der Waals surface area contributed by atoms with E-state index in [1.54, 1.807) is 31.2 Å². The average molecular weight is 276 g/mol. The van der Waals surface area contributed by atoms with Crippen LogP contribution in [0.2, 0.25) is 0 Å². The normalized spacial score (nSPS) is 13.7. The predicted octanol–water partition coefficient (Wildman–Crippen LogP) is 1.36. The number of aromatic amines is 1. The molecule has 0 fully saturated rings. The van der Waals surface area contributed by atoms with Gasteiger partial charge in [-0.2, -0.15) is 18.3 Å². The first-order valence-electron chi connectivity index (χ1n) is 5.59. The molecule has 5 nitrogen and oxygen atoms in total. The van der Waals surface area contributed by atoms with Gasteiger partial charge in [-0.1, -0.05) is 12.2 Å². The minimum atomic E-state index is -4.73. The van der Waals surface area contributed by atoms with Crippen molar-refractivity contribution in [3.05, 3.63) is 34.3 Å². The molecule has 0 saturated heterocycles. The van der Waals surface area contributed by atoms with Gasteiger partial charge in [-0.15, -0.1) is 0 Å². The Kier molecular flexibility index (Phi) is 5.11. The maximum atomic E-state index is 12.8. The van der Waals surface area contributed by atoms with Crippen molar-refractivity contribution in [1.29, 1.82) is 0 Å². The van der Waals surface area contributed by atoms with E-state index < -0.39 is 17.3 Å². The summed E-state index contributed by atoms with van der Waals surface area (Å²) in [5.74, 6) is 0. The summed E-state index contributed by atoms with van der Waals surface area (Å²) in [6, 6.07) is -0.363. The van der Waals surface area contributed by atoms with Crippen molar-refractivity contribution < 1.29 is 13.2 Å². The van der Waals surface area contributed by atoms with Gasteiger partial charge in [0.05, 0.1) is 11.9 Å². The van der Waals surface area contributed by atoms with Crippen molar-refractivity contribution in [2.45, 2.75) is 19.1 Å². The summed E-state index contributed by atoms with van der Waals surface area (Å²) < 4.78 is 38.3. The number of hydrogen-bond acceptors (Lipinski definition) is 4. The van der Waals surface area contributed by atoms with Crippen LogP contribution in [0.4, 0.5) is 18.9 Å². The number of alkyl halides is 3. The molecule has 0 unspecified atom stereocenters. The van der Waals surface area contributed by atoms with E-state index in [0.29, 0.717) is 6.54 Å². The molecule has 0 amide bonds. The first kappa shape index (κ1) is 15.2.